The molecule has 196 valence electrons. The lowest BCUT2D eigenvalue weighted by molar-refractivity contribution is 0.264. The first-order valence-electron chi connectivity index (χ1n) is 12.6. The van der Waals surface area contributed by atoms with Crippen LogP contribution in [0.2, 0.25) is 5.02 Å². The molecule has 2 N–H and O–H groups in total. The molecule has 4 aromatic rings. The number of phenols is 1. The van der Waals surface area contributed by atoms with Crippen LogP contribution >= 0.6 is 11.6 Å². The molecule has 1 atom stereocenters. The van der Waals surface area contributed by atoms with Crippen molar-refractivity contribution >= 4 is 28.3 Å². The highest BCUT2D eigenvalue weighted by Gasteiger charge is 2.35. The largest absolute Gasteiger partial charge is 0.507 e. The molecule has 0 unspecified atom stereocenters. The van der Waals surface area contributed by atoms with E-state index in [9.17, 15) is 9.90 Å². The van der Waals surface area contributed by atoms with E-state index < -0.39 is 11.5 Å². The van der Waals surface area contributed by atoms with Gasteiger partial charge >= 0.3 is 5.69 Å². The summed E-state index contributed by atoms with van der Waals surface area (Å²) < 4.78 is 24.0. The summed E-state index contributed by atoms with van der Waals surface area (Å²) in [5, 5.41) is 14.6. The van der Waals surface area contributed by atoms with E-state index in [1.165, 1.54) is 10.6 Å². The SMILES string of the molecule is Cc1ccnc(C(C)C)c1-n1c(=O)nc2c3c(c(F)c(-c4c(O)cccc4Cl)cc31)OC[C@H]1CNCCN21. The second kappa shape index (κ2) is 9.25. The van der Waals surface area contributed by atoms with Crippen LogP contribution in [0, 0.1) is 12.7 Å². The van der Waals surface area contributed by atoms with Crippen molar-refractivity contribution < 1.29 is 14.2 Å². The Balaban J connectivity index is 1.80. The first-order valence-corrected chi connectivity index (χ1v) is 13.0. The third kappa shape index (κ3) is 3.72. The van der Waals surface area contributed by atoms with Crippen LogP contribution in [-0.4, -0.2) is 51.9 Å². The lowest BCUT2D eigenvalue weighted by Crippen LogP contribution is -2.54. The smallest absolute Gasteiger partial charge is 0.354 e. The molecule has 0 saturated carbocycles. The number of hydrogen-bond donors (Lipinski definition) is 2. The van der Waals surface area contributed by atoms with Crippen LogP contribution in [0.3, 0.4) is 0 Å². The first-order chi connectivity index (χ1) is 18.3. The van der Waals surface area contributed by atoms with Crippen LogP contribution in [0.1, 0.15) is 31.0 Å². The Labute approximate surface area is 223 Å². The molecule has 6 rings (SSSR count). The van der Waals surface area contributed by atoms with Gasteiger partial charge in [0.15, 0.2) is 11.6 Å². The number of nitrogens with one attached hydrogen (secondary N) is 1. The van der Waals surface area contributed by atoms with Crippen LogP contribution in [-0.2, 0) is 0 Å². The molecule has 10 heteroatoms. The number of pyridine rings is 1. The lowest BCUT2D eigenvalue weighted by atomic mass is 9.99. The van der Waals surface area contributed by atoms with E-state index in [2.05, 4.69) is 15.3 Å². The molecule has 1 saturated heterocycles. The van der Waals surface area contributed by atoms with Crippen molar-refractivity contribution in [1.82, 2.24) is 19.9 Å². The number of hydrogen-bond acceptors (Lipinski definition) is 7. The molecule has 2 aliphatic rings. The zero-order valence-corrected chi connectivity index (χ0v) is 22.0. The molecule has 0 aliphatic carbocycles. The Morgan fingerprint density at radius 1 is 1.29 bits per heavy atom. The van der Waals surface area contributed by atoms with E-state index in [4.69, 9.17) is 16.3 Å². The number of phenolic OH excluding ortho intramolecular Hbond substituents is 1. The lowest BCUT2D eigenvalue weighted by Gasteiger charge is -2.35. The van der Waals surface area contributed by atoms with E-state index in [1.54, 1.807) is 24.4 Å². The zero-order chi connectivity index (χ0) is 26.7. The van der Waals surface area contributed by atoms with E-state index in [1.807, 2.05) is 31.7 Å². The van der Waals surface area contributed by atoms with Crippen molar-refractivity contribution in [2.45, 2.75) is 32.7 Å². The fourth-order valence-electron chi connectivity index (χ4n) is 5.49. The highest BCUT2D eigenvalue weighted by atomic mass is 35.5. The van der Waals surface area contributed by atoms with Crippen molar-refractivity contribution in [3.05, 3.63) is 69.1 Å². The number of aromatic nitrogens is 3. The van der Waals surface area contributed by atoms with Crippen molar-refractivity contribution in [2.24, 2.45) is 0 Å². The molecule has 38 heavy (non-hydrogen) atoms. The van der Waals surface area contributed by atoms with Crippen molar-refractivity contribution in [3.8, 4) is 28.3 Å². The van der Waals surface area contributed by atoms with Gasteiger partial charge in [0.1, 0.15) is 18.2 Å². The molecule has 1 fully saturated rings. The highest BCUT2D eigenvalue weighted by Crippen LogP contribution is 2.46. The number of ether oxygens (including phenoxy) is 1. The van der Waals surface area contributed by atoms with Gasteiger partial charge in [-0.15, -0.1) is 0 Å². The predicted octanol–water partition coefficient (Wildman–Crippen LogP) is 4.55. The second-order valence-corrected chi connectivity index (χ2v) is 10.4. The number of rotatable bonds is 3. The number of halogens is 2. The molecular weight excluding hydrogens is 509 g/mol. The van der Waals surface area contributed by atoms with E-state index in [-0.39, 0.29) is 46.2 Å². The molecule has 2 aromatic heterocycles. The summed E-state index contributed by atoms with van der Waals surface area (Å²) in [6.45, 7) is 8.01. The van der Waals surface area contributed by atoms with Crippen LogP contribution < -0.4 is 20.6 Å². The maximum absolute atomic E-state index is 16.4. The summed E-state index contributed by atoms with van der Waals surface area (Å²) in [5.41, 5.74) is 2.20. The van der Waals surface area contributed by atoms with Gasteiger partial charge < -0.3 is 20.1 Å². The normalized spacial score (nSPS) is 16.9. The molecule has 2 aliphatic heterocycles. The summed E-state index contributed by atoms with van der Waals surface area (Å²) in [6.07, 6.45) is 1.71. The average Bonchev–Trinajstić information content (AvgIpc) is 3.05. The van der Waals surface area contributed by atoms with Gasteiger partial charge in [0.2, 0.25) is 0 Å². The summed E-state index contributed by atoms with van der Waals surface area (Å²) in [4.78, 5) is 25.0. The Bertz CT molecular complexity index is 1630. The first kappa shape index (κ1) is 24.6. The monoisotopic (exact) mass is 535 g/mol. The van der Waals surface area contributed by atoms with Gasteiger partial charge in [-0.25, -0.2) is 9.18 Å². The Morgan fingerprint density at radius 3 is 2.87 bits per heavy atom. The van der Waals surface area contributed by atoms with E-state index in [0.29, 0.717) is 47.7 Å². The van der Waals surface area contributed by atoms with Crippen molar-refractivity contribution in [2.75, 3.05) is 31.1 Å². The zero-order valence-electron chi connectivity index (χ0n) is 21.3. The molecular formula is C28H27ClFN5O3. The van der Waals surface area contributed by atoms with Gasteiger partial charge in [0, 0.05) is 37.0 Å². The molecule has 0 amide bonds. The molecule has 0 radical (unpaired) electrons. The summed E-state index contributed by atoms with van der Waals surface area (Å²) in [6, 6.07) is 7.87. The predicted molar refractivity (Wildman–Crippen MR) is 146 cm³/mol. The quantitative estimate of drug-likeness (QED) is 0.397. The summed E-state index contributed by atoms with van der Waals surface area (Å²) in [7, 11) is 0. The minimum atomic E-state index is -0.672. The van der Waals surface area contributed by atoms with Crippen LogP contribution in [0.15, 0.2) is 41.3 Å². The second-order valence-electron chi connectivity index (χ2n) is 10.0. The Hall–Kier alpha value is -3.69. The van der Waals surface area contributed by atoms with Gasteiger partial charge in [0.25, 0.3) is 0 Å². The third-order valence-corrected chi connectivity index (χ3v) is 7.60. The number of aryl methyl sites for hydroxylation is 1. The number of nitrogens with zero attached hydrogens (tertiary/aromatic N) is 4. The minimum absolute atomic E-state index is 0.00279. The van der Waals surface area contributed by atoms with Crippen LogP contribution in [0.4, 0.5) is 10.2 Å². The Morgan fingerprint density at radius 2 is 2.11 bits per heavy atom. The fourth-order valence-corrected chi connectivity index (χ4v) is 5.76. The topological polar surface area (TPSA) is 92.5 Å². The number of fused-ring (bicyclic) bond motifs is 2. The fraction of sp³-hybridized carbons (Fsp3) is 0.321. The standard InChI is InChI=1S/C28H27ClFN5O3/c1-14(2)24-25(15(3)7-8-32-24)35-19-11-17(21-18(29)5-4-6-20(21)36)23(30)26-22(19)27(33-28(35)37)34-10-9-31-12-16(34)13-38-26/h4-8,11,14,16,31,36H,9-10,12-13H2,1-3H3/t16-/m1/s1. The highest BCUT2D eigenvalue weighted by molar-refractivity contribution is 6.33. The van der Waals surface area contributed by atoms with E-state index in [0.717, 1.165) is 5.56 Å². The Kier molecular flexibility index (Phi) is 6.00. The van der Waals surface area contributed by atoms with Gasteiger partial charge in [-0.3, -0.25) is 9.55 Å². The molecule has 4 heterocycles. The van der Waals surface area contributed by atoms with Crippen LogP contribution in [0.5, 0.6) is 11.5 Å². The van der Waals surface area contributed by atoms with Gasteiger partial charge in [-0.2, -0.15) is 4.98 Å². The van der Waals surface area contributed by atoms with Crippen molar-refractivity contribution in [3.63, 3.8) is 0 Å². The molecule has 2 aromatic carbocycles. The average molecular weight is 536 g/mol. The number of piperazine rings is 1. The summed E-state index contributed by atoms with van der Waals surface area (Å²) in [5.74, 6) is -0.476. The van der Waals surface area contributed by atoms with Crippen molar-refractivity contribution in [1.29, 1.82) is 0 Å². The number of anilines is 1. The molecule has 0 bridgehead atoms. The van der Waals surface area contributed by atoms with E-state index >= 15 is 4.39 Å². The number of aromatic hydroxyl groups is 1. The maximum Gasteiger partial charge on any atom is 0.354 e. The van der Waals surface area contributed by atoms with Gasteiger partial charge in [-0.1, -0.05) is 31.5 Å². The maximum atomic E-state index is 16.4. The molecule has 0 spiro atoms. The van der Waals surface area contributed by atoms with Gasteiger partial charge in [0.05, 0.1) is 33.3 Å². The summed E-state index contributed by atoms with van der Waals surface area (Å²) >= 11 is 6.46. The van der Waals surface area contributed by atoms with Gasteiger partial charge in [-0.05, 0) is 42.7 Å². The third-order valence-electron chi connectivity index (χ3n) is 7.29. The molecule has 8 nitrogen and oxygen atoms in total. The van der Waals surface area contributed by atoms with Crippen LogP contribution in [0.25, 0.3) is 27.7 Å². The number of benzene rings is 2. The minimum Gasteiger partial charge on any atom is -0.507 e.